The van der Waals surface area contributed by atoms with Gasteiger partial charge in [0, 0.05) is 32.2 Å². The quantitative estimate of drug-likeness (QED) is 0.690. The Morgan fingerprint density at radius 1 is 1.57 bits per heavy atom. The molecule has 0 unspecified atom stereocenters. The third-order valence-electron chi connectivity index (χ3n) is 2.46. The van der Waals surface area contributed by atoms with Crippen molar-refractivity contribution in [2.75, 3.05) is 13.2 Å². The summed E-state index contributed by atoms with van der Waals surface area (Å²) >= 11 is 0. The summed E-state index contributed by atoms with van der Waals surface area (Å²) in [5.41, 5.74) is -0.0350. The van der Waals surface area contributed by atoms with Crippen molar-refractivity contribution in [2.24, 2.45) is 5.92 Å². The van der Waals surface area contributed by atoms with Crippen molar-refractivity contribution in [2.45, 2.75) is 25.8 Å². The van der Waals surface area contributed by atoms with Gasteiger partial charge >= 0.3 is 5.69 Å². The standard InChI is InChI=1S/C10H16N2O2/c13-10-11-4-6-12(10)5-1-7-14-8-9-2-3-9/h4,6,9H,1-3,5,7-8H2,(H,11,13). The molecule has 0 atom stereocenters. The van der Waals surface area contributed by atoms with Crippen LogP contribution >= 0.6 is 0 Å². The van der Waals surface area contributed by atoms with E-state index in [0.29, 0.717) is 0 Å². The summed E-state index contributed by atoms with van der Waals surface area (Å²) in [7, 11) is 0. The van der Waals surface area contributed by atoms with Gasteiger partial charge in [-0.2, -0.15) is 0 Å². The molecular weight excluding hydrogens is 180 g/mol. The van der Waals surface area contributed by atoms with Crippen LogP contribution in [0.2, 0.25) is 0 Å². The highest BCUT2D eigenvalue weighted by Gasteiger charge is 2.20. The van der Waals surface area contributed by atoms with Crippen LogP contribution in [-0.2, 0) is 11.3 Å². The monoisotopic (exact) mass is 196 g/mol. The zero-order valence-corrected chi connectivity index (χ0v) is 8.24. The van der Waals surface area contributed by atoms with E-state index in [-0.39, 0.29) is 5.69 Å². The summed E-state index contributed by atoms with van der Waals surface area (Å²) < 4.78 is 7.14. The molecule has 1 N–H and O–H groups in total. The number of ether oxygens (including phenoxy) is 1. The summed E-state index contributed by atoms with van der Waals surface area (Å²) in [6.07, 6.45) is 7.00. The van der Waals surface area contributed by atoms with E-state index in [2.05, 4.69) is 4.98 Å². The Kier molecular flexibility index (Phi) is 3.03. The number of aromatic nitrogens is 2. The predicted molar refractivity (Wildman–Crippen MR) is 53.2 cm³/mol. The van der Waals surface area contributed by atoms with Crippen molar-refractivity contribution in [1.82, 2.24) is 9.55 Å². The molecule has 1 aliphatic rings. The number of nitrogens with one attached hydrogen (secondary N) is 1. The Labute approximate surface area is 82.9 Å². The molecular formula is C10H16N2O2. The summed E-state index contributed by atoms with van der Waals surface area (Å²) in [4.78, 5) is 13.7. The summed E-state index contributed by atoms with van der Waals surface area (Å²) in [6, 6.07) is 0. The molecule has 0 aromatic carbocycles. The second-order valence-corrected chi connectivity index (χ2v) is 3.83. The predicted octanol–water partition coefficient (Wildman–Crippen LogP) is 0.993. The van der Waals surface area contributed by atoms with Crippen LogP contribution in [0.15, 0.2) is 17.2 Å². The zero-order chi connectivity index (χ0) is 9.80. The van der Waals surface area contributed by atoms with E-state index in [1.165, 1.54) is 12.8 Å². The van der Waals surface area contributed by atoms with Crippen LogP contribution < -0.4 is 5.69 Å². The highest BCUT2D eigenvalue weighted by molar-refractivity contribution is 4.75. The molecule has 0 radical (unpaired) electrons. The molecule has 1 aromatic heterocycles. The van der Waals surface area contributed by atoms with Gasteiger partial charge in [-0.05, 0) is 25.2 Å². The van der Waals surface area contributed by atoms with Gasteiger partial charge in [-0.15, -0.1) is 0 Å². The summed E-state index contributed by atoms with van der Waals surface area (Å²) in [5.74, 6) is 0.824. The van der Waals surface area contributed by atoms with E-state index < -0.39 is 0 Å². The van der Waals surface area contributed by atoms with E-state index in [4.69, 9.17) is 4.74 Å². The fraction of sp³-hybridized carbons (Fsp3) is 0.700. The van der Waals surface area contributed by atoms with Crippen molar-refractivity contribution in [1.29, 1.82) is 0 Å². The topological polar surface area (TPSA) is 47.0 Å². The first kappa shape index (κ1) is 9.52. The number of nitrogens with zero attached hydrogens (tertiary/aromatic N) is 1. The molecule has 1 heterocycles. The van der Waals surface area contributed by atoms with Gasteiger partial charge in [-0.1, -0.05) is 0 Å². The first-order valence-electron chi connectivity index (χ1n) is 5.18. The lowest BCUT2D eigenvalue weighted by Gasteiger charge is -2.02. The Hall–Kier alpha value is -1.03. The second kappa shape index (κ2) is 4.46. The van der Waals surface area contributed by atoms with Crippen LogP contribution in [0.1, 0.15) is 19.3 Å². The van der Waals surface area contributed by atoms with E-state index in [0.717, 1.165) is 32.1 Å². The number of imidazole rings is 1. The summed E-state index contributed by atoms with van der Waals surface area (Å²) in [5, 5.41) is 0. The molecule has 1 aromatic rings. The molecule has 14 heavy (non-hydrogen) atoms. The van der Waals surface area contributed by atoms with Crippen LogP contribution in [0, 0.1) is 5.92 Å². The van der Waals surface area contributed by atoms with Gasteiger partial charge in [0.1, 0.15) is 0 Å². The molecule has 0 saturated heterocycles. The lowest BCUT2D eigenvalue weighted by molar-refractivity contribution is 0.119. The molecule has 0 spiro atoms. The minimum atomic E-state index is -0.0350. The number of rotatable bonds is 6. The number of hydrogen-bond donors (Lipinski definition) is 1. The molecule has 1 aliphatic carbocycles. The maximum atomic E-state index is 11.1. The molecule has 0 amide bonds. The van der Waals surface area contributed by atoms with Crippen LogP contribution in [-0.4, -0.2) is 22.8 Å². The van der Waals surface area contributed by atoms with Gasteiger partial charge in [-0.25, -0.2) is 4.79 Å². The van der Waals surface area contributed by atoms with Gasteiger partial charge in [0.05, 0.1) is 0 Å². The Morgan fingerprint density at radius 3 is 3.07 bits per heavy atom. The number of aryl methyl sites for hydroxylation is 1. The largest absolute Gasteiger partial charge is 0.381 e. The van der Waals surface area contributed by atoms with Crippen LogP contribution in [0.3, 0.4) is 0 Å². The van der Waals surface area contributed by atoms with Gasteiger partial charge in [0.15, 0.2) is 0 Å². The number of hydrogen-bond acceptors (Lipinski definition) is 2. The molecule has 4 nitrogen and oxygen atoms in total. The average Bonchev–Trinajstić information content (AvgIpc) is 2.91. The van der Waals surface area contributed by atoms with E-state index in [9.17, 15) is 4.79 Å². The van der Waals surface area contributed by atoms with E-state index in [1.807, 2.05) is 0 Å². The molecule has 0 bridgehead atoms. The number of H-pyrrole nitrogens is 1. The molecule has 1 fully saturated rings. The maximum Gasteiger partial charge on any atom is 0.325 e. The third kappa shape index (κ3) is 2.73. The van der Waals surface area contributed by atoms with Crippen molar-refractivity contribution in [3.05, 3.63) is 22.9 Å². The fourth-order valence-corrected chi connectivity index (χ4v) is 1.40. The van der Waals surface area contributed by atoms with E-state index >= 15 is 0 Å². The minimum absolute atomic E-state index is 0.0350. The lowest BCUT2D eigenvalue weighted by Crippen LogP contribution is -2.17. The highest BCUT2D eigenvalue weighted by Crippen LogP contribution is 2.28. The normalized spacial score (nSPS) is 16.0. The Balaban J connectivity index is 1.58. The van der Waals surface area contributed by atoms with Gasteiger partial charge in [0.25, 0.3) is 0 Å². The van der Waals surface area contributed by atoms with Gasteiger partial charge in [0.2, 0.25) is 0 Å². The molecule has 0 aliphatic heterocycles. The Bertz CT molecular complexity index is 325. The van der Waals surface area contributed by atoms with Crippen molar-refractivity contribution in [3.8, 4) is 0 Å². The second-order valence-electron chi connectivity index (χ2n) is 3.83. The average molecular weight is 196 g/mol. The van der Waals surface area contributed by atoms with Crippen LogP contribution in [0.4, 0.5) is 0 Å². The minimum Gasteiger partial charge on any atom is -0.381 e. The summed E-state index contributed by atoms with van der Waals surface area (Å²) in [6.45, 7) is 2.41. The molecule has 1 saturated carbocycles. The molecule has 78 valence electrons. The van der Waals surface area contributed by atoms with Crippen LogP contribution in [0.25, 0.3) is 0 Å². The SMILES string of the molecule is O=c1[nH]ccn1CCCOCC1CC1. The number of aromatic amines is 1. The maximum absolute atomic E-state index is 11.1. The smallest absolute Gasteiger partial charge is 0.325 e. The van der Waals surface area contributed by atoms with Gasteiger partial charge < -0.3 is 9.72 Å². The molecule has 2 rings (SSSR count). The molecule has 4 heteroatoms. The first-order valence-corrected chi connectivity index (χ1v) is 5.18. The fourth-order valence-electron chi connectivity index (χ4n) is 1.40. The van der Waals surface area contributed by atoms with Crippen molar-refractivity contribution >= 4 is 0 Å². The van der Waals surface area contributed by atoms with Crippen molar-refractivity contribution in [3.63, 3.8) is 0 Å². The lowest BCUT2D eigenvalue weighted by atomic mass is 10.4. The highest BCUT2D eigenvalue weighted by atomic mass is 16.5. The van der Waals surface area contributed by atoms with Crippen molar-refractivity contribution < 1.29 is 4.74 Å². The van der Waals surface area contributed by atoms with Crippen LogP contribution in [0.5, 0.6) is 0 Å². The Morgan fingerprint density at radius 2 is 2.43 bits per heavy atom. The zero-order valence-electron chi connectivity index (χ0n) is 8.24. The van der Waals surface area contributed by atoms with E-state index in [1.54, 1.807) is 17.0 Å². The third-order valence-corrected chi connectivity index (χ3v) is 2.46. The van der Waals surface area contributed by atoms with Gasteiger partial charge in [-0.3, -0.25) is 4.57 Å². The first-order chi connectivity index (χ1) is 6.86.